The van der Waals surface area contributed by atoms with Crippen LogP contribution in [0.25, 0.3) is 11.3 Å². The van der Waals surface area contributed by atoms with Crippen molar-refractivity contribution >= 4 is 11.8 Å². The SMILES string of the molecule is CN(CCCc1cc(-c2ccc(F)cc2)n[nH]1)C(=O)C(c1ccccc1)N1CCCCC1=O. The number of carbonyl (C=O) groups excluding carboxylic acids is 2. The lowest BCUT2D eigenvalue weighted by atomic mass is 10.00. The number of hydrogen-bond acceptors (Lipinski definition) is 3. The number of nitrogens with zero attached hydrogens (tertiary/aromatic N) is 3. The van der Waals surface area contributed by atoms with Crippen molar-refractivity contribution in [2.24, 2.45) is 0 Å². The van der Waals surface area contributed by atoms with Crippen molar-refractivity contribution in [1.29, 1.82) is 0 Å². The summed E-state index contributed by atoms with van der Waals surface area (Å²) in [6, 6.07) is 17.2. The molecule has 2 heterocycles. The summed E-state index contributed by atoms with van der Waals surface area (Å²) in [6.45, 7) is 1.17. The summed E-state index contributed by atoms with van der Waals surface area (Å²) in [5, 5.41) is 7.34. The highest BCUT2D eigenvalue weighted by atomic mass is 19.1. The van der Waals surface area contributed by atoms with Gasteiger partial charge >= 0.3 is 0 Å². The number of aryl methyl sites for hydroxylation is 1. The van der Waals surface area contributed by atoms with E-state index in [0.29, 0.717) is 19.5 Å². The van der Waals surface area contributed by atoms with Gasteiger partial charge in [-0.1, -0.05) is 30.3 Å². The van der Waals surface area contributed by atoms with Crippen molar-refractivity contribution in [1.82, 2.24) is 20.0 Å². The van der Waals surface area contributed by atoms with Gasteiger partial charge in [-0.2, -0.15) is 5.10 Å². The van der Waals surface area contributed by atoms with E-state index in [9.17, 15) is 14.0 Å². The Hall–Kier alpha value is -3.48. The van der Waals surface area contributed by atoms with E-state index in [0.717, 1.165) is 48.2 Å². The lowest BCUT2D eigenvalue weighted by Crippen LogP contribution is -2.46. The van der Waals surface area contributed by atoms with Crippen LogP contribution in [0.2, 0.25) is 0 Å². The van der Waals surface area contributed by atoms with Crippen LogP contribution in [0, 0.1) is 5.82 Å². The van der Waals surface area contributed by atoms with E-state index in [2.05, 4.69) is 10.2 Å². The molecule has 1 fully saturated rings. The molecule has 0 spiro atoms. The molecule has 1 saturated heterocycles. The van der Waals surface area contributed by atoms with E-state index >= 15 is 0 Å². The molecular weight excluding hydrogens is 419 g/mol. The van der Waals surface area contributed by atoms with Crippen LogP contribution in [0.1, 0.15) is 43.0 Å². The number of nitrogens with one attached hydrogen (secondary N) is 1. The Morgan fingerprint density at radius 3 is 2.64 bits per heavy atom. The number of hydrogen-bond donors (Lipinski definition) is 1. The van der Waals surface area contributed by atoms with Crippen LogP contribution in [0.3, 0.4) is 0 Å². The number of amides is 2. The standard InChI is InChI=1S/C26H29FN4O2/c1-30(16-7-10-22-18-23(29-28-22)19-12-14-21(27)15-13-19)26(33)25(20-8-3-2-4-9-20)31-17-6-5-11-24(31)32/h2-4,8-9,12-15,18,25H,5-7,10-11,16-17H2,1H3,(H,28,29). The van der Waals surface area contributed by atoms with E-state index in [-0.39, 0.29) is 17.6 Å². The molecule has 0 aliphatic carbocycles. The number of carbonyl (C=O) groups is 2. The predicted molar refractivity (Wildman–Crippen MR) is 125 cm³/mol. The Labute approximate surface area is 193 Å². The summed E-state index contributed by atoms with van der Waals surface area (Å²) in [5.74, 6) is -0.294. The fourth-order valence-electron chi connectivity index (χ4n) is 4.27. The van der Waals surface area contributed by atoms with E-state index < -0.39 is 6.04 Å². The van der Waals surface area contributed by atoms with Crippen LogP contribution < -0.4 is 0 Å². The molecule has 1 atom stereocenters. The van der Waals surface area contributed by atoms with Crippen LogP contribution >= 0.6 is 0 Å². The second-order valence-corrected chi connectivity index (χ2v) is 8.51. The average Bonchev–Trinajstić information content (AvgIpc) is 3.30. The second-order valence-electron chi connectivity index (χ2n) is 8.51. The third kappa shape index (κ3) is 5.48. The molecule has 3 aromatic rings. The van der Waals surface area contributed by atoms with E-state index in [4.69, 9.17) is 0 Å². The highest BCUT2D eigenvalue weighted by Gasteiger charge is 2.34. The number of likely N-dealkylation sites (tertiary alicyclic amines) is 1. The first kappa shape index (κ1) is 22.7. The monoisotopic (exact) mass is 448 g/mol. The summed E-state index contributed by atoms with van der Waals surface area (Å²) < 4.78 is 13.1. The molecule has 0 saturated carbocycles. The van der Waals surface area contributed by atoms with Gasteiger partial charge < -0.3 is 9.80 Å². The van der Waals surface area contributed by atoms with Crippen molar-refractivity contribution < 1.29 is 14.0 Å². The molecule has 4 rings (SSSR count). The van der Waals surface area contributed by atoms with Gasteiger partial charge in [0.05, 0.1) is 5.69 Å². The summed E-state index contributed by atoms with van der Waals surface area (Å²) in [5.41, 5.74) is 3.42. The lowest BCUT2D eigenvalue weighted by molar-refractivity contribution is -0.147. The summed E-state index contributed by atoms with van der Waals surface area (Å²) >= 11 is 0. The molecule has 1 aromatic heterocycles. The number of likely N-dealkylation sites (N-methyl/N-ethyl adjacent to an activating group) is 1. The highest BCUT2D eigenvalue weighted by molar-refractivity contribution is 5.89. The Bertz CT molecular complexity index is 1080. The molecule has 2 amide bonds. The first-order valence-electron chi connectivity index (χ1n) is 11.4. The highest BCUT2D eigenvalue weighted by Crippen LogP contribution is 2.27. The molecule has 33 heavy (non-hydrogen) atoms. The average molecular weight is 449 g/mol. The maximum absolute atomic E-state index is 13.4. The van der Waals surface area contributed by atoms with Gasteiger partial charge in [0.15, 0.2) is 0 Å². The number of benzene rings is 2. The van der Waals surface area contributed by atoms with Crippen molar-refractivity contribution in [3.8, 4) is 11.3 Å². The number of aromatic amines is 1. The summed E-state index contributed by atoms with van der Waals surface area (Å²) in [6.07, 6.45) is 3.77. The number of H-pyrrole nitrogens is 1. The van der Waals surface area contributed by atoms with Gasteiger partial charge in [0.1, 0.15) is 11.9 Å². The summed E-state index contributed by atoms with van der Waals surface area (Å²) in [7, 11) is 1.80. The van der Waals surface area contributed by atoms with Gasteiger partial charge in [-0.3, -0.25) is 14.7 Å². The molecule has 0 bridgehead atoms. The third-order valence-corrected chi connectivity index (χ3v) is 6.11. The van der Waals surface area contributed by atoms with E-state index in [1.165, 1.54) is 12.1 Å². The van der Waals surface area contributed by atoms with Gasteiger partial charge in [-0.25, -0.2) is 4.39 Å². The Balaban J connectivity index is 1.38. The Kier molecular flexibility index (Phi) is 7.17. The summed E-state index contributed by atoms with van der Waals surface area (Å²) in [4.78, 5) is 29.5. The normalized spacial score (nSPS) is 14.8. The molecular formula is C26H29FN4O2. The first-order valence-corrected chi connectivity index (χ1v) is 11.4. The fraction of sp³-hybridized carbons (Fsp3) is 0.346. The maximum atomic E-state index is 13.4. The zero-order valence-electron chi connectivity index (χ0n) is 18.8. The van der Waals surface area contributed by atoms with Crippen LogP contribution in [0.4, 0.5) is 4.39 Å². The number of aromatic nitrogens is 2. The number of piperidine rings is 1. The Morgan fingerprint density at radius 2 is 1.91 bits per heavy atom. The maximum Gasteiger partial charge on any atom is 0.249 e. The lowest BCUT2D eigenvalue weighted by Gasteiger charge is -2.36. The number of rotatable bonds is 8. The van der Waals surface area contributed by atoms with E-state index in [1.807, 2.05) is 36.4 Å². The minimum absolute atomic E-state index is 0.0441. The molecule has 7 heteroatoms. The fourth-order valence-corrected chi connectivity index (χ4v) is 4.27. The van der Waals surface area contributed by atoms with Gasteiger partial charge in [-0.05, 0) is 61.6 Å². The third-order valence-electron chi connectivity index (χ3n) is 6.11. The van der Waals surface area contributed by atoms with Crippen molar-refractivity contribution in [3.05, 3.63) is 77.7 Å². The molecule has 172 valence electrons. The van der Waals surface area contributed by atoms with Gasteiger partial charge in [-0.15, -0.1) is 0 Å². The largest absolute Gasteiger partial charge is 0.344 e. The molecule has 1 N–H and O–H groups in total. The van der Waals surface area contributed by atoms with Crippen molar-refractivity contribution in [2.75, 3.05) is 20.1 Å². The smallest absolute Gasteiger partial charge is 0.249 e. The quantitative estimate of drug-likeness (QED) is 0.557. The van der Waals surface area contributed by atoms with Crippen LogP contribution in [-0.2, 0) is 16.0 Å². The van der Waals surface area contributed by atoms with Crippen molar-refractivity contribution in [3.63, 3.8) is 0 Å². The van der Waals surface area contributed by atoms with E-state index in [1.54, 1.807) is 29.0 Å². The predicted octanol–water partition coefficient (Wildman–Crippen LogP) is 4.36. The molecule has 6 nitrogen and oxygen atoms in total. The Morgan fingerprint density at radius 1 is 1.15 bits per heavy atom. The molecule has 1 aliphatic rings. The van der Waals surface area contributed by atoms with Crippen LogP contribution in [-0.4, -0.2) is 51.9 Å². The van der Waals surface area contributed by atoms with Crippen LogP contribution in [0.15, 0.2) is 60.7 Å². The van der Waals surface area contributed by atoms with Crippen LogP contribution in [0.5, 0.6) is 0 Å². The minimum atomic E-state index is -0.582. The van der Waals surface area contributed by atoms with Gasteiger partial charge in [0.2, 0.25) is 11.8 Å². The topological polar surface area (TPSA) is 69.3 Å². The first-order chi connectivity index (χ1) is 16.0. The zero-order valence-corrected chi connectivity index (χ0v) is 18.8. The molecule has 1 aliphatic heterocycles. The zero-order chi connectivity index (χ0) is 23.2. The van der Waals surface area contributed by atoms with Gasteiger partial charge in [0.25, 0.3) is 0 Å². The minimum Gasteiger partial charge on any atom is -0.344 e. The second kappa shape index (κ2) is 10.4. The molecule has 0 radical (unpaired) electrons. The molecule has 2 aromatic carbocycles. The van der Waals surface area contributed by atoms with Crippen molar-refractivity contribution in [2.45, 2.75) is 38.1 Å². The van der Waals surface area contributed by atoms with Gasteiger partial charge in [0, 0.05) is 37.8 Å². The molecule has 1 unspecified atom stereocenters. The number of halogens is 1.